The molecule has 1 amide bonds. The van der Waals surface area contributed by atoms with Crippen LogP contribution in [0.25, 0.3) is 0 Å². The van der Waals surface area contributed by atoms with Crippen molar-refractivity contribution in [3.8, 4) is 0 Å². The van der Waals surface area contributed by atoms with Gasteiger partial charge in [-0.05, 0) is 51.9 Å². The lowest BCUT2D eigenvalue weighted by atomic mass is 9.98. The summed E-state index contributed by atoms with van der Waals surface area (Å²) in [4.78, 5) is 14.9. The van der Waals surface area contributed by atoms with Crippen molar-refractivity contribution in [3.63, 3.8) is 0 Å². The lowest BCUT2D eigenvalue weighted by molar-refractivity contribution is -0.126. The zero-order valence-electron chi connectivity index (χ0n) is 16.2. The van der Waals surface area contributed by atoms with Gasteiger partial charge in [0.25, 0.3) is 0 Å². The maximum Gasteiger partial charge on any atom is 0.243 e. The Hall–Kier alpha value is -1.44. The number of benzene rings is 1. The van der Waals surface area contributed by atoms with Crippen molar-refractivity contribution in [3.05, 3.63) is 29.8 Å². The van der Waals surface area contributed by atoms with Crippen LogP contribution in [0, 0.1) is 18.8 Å². The van der Waals surface area contributed by atoms with Crippen molar-refractivity contribution in [2.75, 3.05) is 40.3 Å². The number of hydrogen-bond donors (Lipinski definition) is 1. The maximum atomic E-state index is 12.8. The number of piperidine rings is 1. The van der Waals surface area contributed by atoms with E-state index in [2.05, 4.69) is 17.1 Å². The Morgan fingerprint density at radius 2 is 1.96 bits per heavy atom. The van der Waals surface area contributed by atoms with E-state index in [-0.39, 0.29) is 18.4 Å². The van der Waals surface area contributed by atoms with Gasteiger partial charge in [0.1, 0.15) is 0 Å². The van der Waals surface area contributed by atoms with Gasteiger partial charge in [0.15, 0.2) is 0 Å². The quantitative estimate of drug-likeness (QED) is 0.781. The van der Waals surface area contributed by atoms with E-state index in [1.54, 1.807) is 24.3 Å². The molecule has 146 valence electrons. The lowest BCUT2D eigenvalue weighted by Crippen LogP contribution is -2.46. The minimum atomic E-state index is -3.55. The second-order valence-electron chi connectivity index (χ2n) is 7.63. The first-order valence-electron chi connectivity index (χ1n) is 9.19. The summed E-state index contributed by atoms with van der Waals surface area (Å²) in [5, 5.41) is 2.99. The van der Waals surface area contributed by atoms with Crippen LogP contribution in [0.15, 0.2) is 29.2 Å². The molecule has 1 aliphatic heterocycles. The maximum absolute atomic E-state index is 12.8. The molecule has 0 spiro atoms. The Balaban J connectivity index is 1.97. The molecule has 1 N–H and O–H groups in total. The molecular formula is C19H31N3O3S. The first-order valence-corrected chi connectivity index (χ1v) is 10.6. The average molecular weight is 382 g/mol. The average Bonchev–Trinajstić information content (AvgIpc) is 2.59. The molecule has 0 aromatic heterocycles. The number of carbonyl (C=O) groups is 1. The van der Waals surface area contributed by atoms with Crippen molar-refractivity contribution in [1.82, 2.24) is 14.5 Å². The topological polar surface area (TPSA) is 69.7 Å². The molecule has 1 aromatic carbocycles. The molecule has 1 aromatic rings. The van der Waals surface area contributed by atoms with Gasteiger partial charge < -0.3 is 10.2 Å². The van der Waals surface area contributed by atoms with Gasteiger partial charge in [-0.15, -0.1) is 0 Å². The Morgan fingerprint density at radius 1 is 1.31 bits per heavy atom. The molecule has 0 radical (unpaired) electrons. The van der Waals surface area contributed by atoms with E-state index in [0.29, 0.717) is 30.3 Å². The monoisotopic (exact) mass is 381 g/mol. The Kier molecular flexibility index (Phi) is 7.20. The van der Waals surface area contributed by atoms with Gasteiger partial charge in [-0.2, -0.15) is 4.31 Å². The van der Waals surface area contributed by atoms with Crippen LogP contribution in [-0.4, -0.2) is 63.8 Å². The van der Waals surface area contributed by atoms with E-state index in [1.807, 2.05) is 21.0 Å². The van der Waals surface area contributed by atoms with Gasteiger partial charge in [-0.25, -0.2) is 8.42 Å². The van der Waals surface area contributed by atoms with Gasteiger partial charge in [0.05, 0.1) is 10.8 Å². The zero-order chi connectivity index (χ0) is 19.3. The van der Waals surface area contributed by atoms with E-state index in [0.717, 1.165) is 18.5 Å². The highest BCUT2D eigenvalue weighted by Gasteiger charge is 2.33. The number of aryl methyl sites for hydroxylation is 1. The Bertz CT molecular complexity index is 701. The zero-order valence-corrected chi connectivity index (χ0v) is 17.1. The molecule has 1 heterocycles. The minimum Gasteiger partial charge on any atom is -0.356 e. The van der Waals surface area contributed by atoms with Crippen LogP contribution >= 0.6 is 0 Å². The third-order valence-corrected chi connectivity index (χ3v) is 6.59. The fraction of sp³-hybridized carbons (Fsp3) is 0.632. The van der Waals surface area contributed by atoms with E-state index in [9.17, 15) is 13.2 Å². The van der Waals surface area contributed by atoms with Crippen LogP contribution < -0.4 is 5.32 Å². The van der Waals surface area contributed by atoms with E-state index < -0.39 is 10.0 Å². The highest BCUT2D eigenvalue weighted by Crippen LogP contribution is 2.24. The molecule has 6 nitrogen and oxygen atoms in total. The molecule has 2 atom stereocenters. The Morgan fingerprint density at radius 3 is 2.58 bits per heavy atom. The van der Waals surface area contributed by atoms with Crippen molar-refractivity contribution >= 4 is 15.9 Å². The van der Waals surface area contributed by atoms with Crippen LogP contribution in [0.3, 0.4) is 0 Å². The molecule has 2 rings (SSSR count). The highest BCUT2D eigenvalue weighted by molar-refractivity contribution is 7.89. The fourth-order valence-electron chi connectivity index (χ4n) is 3.34. The summed E-state index contributed by atoms with van der Waals surface area (Å²) < 4.78 is 27.1. The Labute approximate surface area is 157 Å². The van der Waals surface area contributed by atoms with Gasteiger partial charge in [-0.1, -0.05) is 24.6 Å². The second kappa shape index (κ2) is 8.97. The molecule has 0 bridgehead atoms. The number of hydrogen-bond acceptors (Lipinski definition) is 4. The molecule has 1 saturated heterocycles. The predicted molar refractivity (Wildman–Crippen MR) is 103 cm³/mol. The number of carbonyl (C=O) groups excluding carboxylic acids is 1. The molecule has 0 saturated carbocycles. The highest BCUT2D eigenvalue weighted by atomic mass is 32.2. The third kappa shape index (κ3) is 5.53. The molecular weight excluding hydrogens is 350 g/mol. The van der Waals surface area contributed by atoms with Gasteiger partial charge in [0, 0.05) is 26.2 Å². The number of amides is 1. The summed E-state index contributed by atoms with van der Waals surface area (Å²) in [6.07, 6.45) is 1.43. The van der Waals surface area contributed by atoms with E-state index in [4.69, 9.17) is 0 Å². The third-order valence-electron chi connectivity index (χ3n) is 4.72. The lowest BCUT2D eigenvalue weighted by Gasteiger charge is -2.31. The van der Waals surface area contributed by atoms with Gasteiger partial charge in [0.2, 0.25) is 15.9 Å². The largest absolute Gasteiger partial charge is 0.356 e. The summed E-state index contributed by atoms with van der Waals surface area (Å²) >= 11 is 0. The molecule has 26 heavy (non-hydrogen) atoms. The van der Waals surface area contributed by atoms with Crippen LogP contribution in [0.1, 0.15) is 25.3 Å². The van der Waals surface area contributed by atoms with Crippen LogP contribution in [0.5, 0.6) is 0 Å². The standard InChI is InChI=1S/C19H31N3O3S/c1-15-7-9-18(10-8-15)26(24,25)22-11-5-6-17(14-22)19(23)20-12-16(2)13-21(3)4/h7-10,16-17H,5-6,11-14H2,1-4H3,(H,20,23)/t16-,17-/m1/s1. The molecule has 7 heteroatoms. The van der Waals surface area contributed by atoms with Crippen LogP contribution in [-0.2, 0) is 14.8 Å². The minimum absolute atomic E-state index is 0.0422. The molecule has 1 aliphatic rings. The summed E-state index contributed by atoms with van der Waals surface area (Å²) in [5.74, 6) is 0.0277. The molecule has 0 unspecified atom stereocenters. The predicted octanol–water partition coefficient (Wildman–Crippen LogP) is 1.71. The van der Waals surface area contributed by atoms with Crippen molar-refractivity contribution in [1.29, 1.82) is 0 Å². The number of nitrogens with zero attached hydrogens (tertiary/aromatic N) is 2. The second-order valence-corrected chi connectivity index (χ2v) is 9.57. The van der Waals surface area contributed by atoms with E-state index >= 15 is 0 Å². The van der Waals surface area contributed by atoms with Crippen LogP contribution in [0.2, 0.25) is 0 Å². The number of sulfonamides is 1. The molecule has 0 aliphatic carbocycles. The van der Waals surface area contributed by atoms with E-state index in [1.165, 1.54) is 4.31 Å². The number of rotatable bonds is 7. The SMILES string of the molecule is Cc1ccc(S(=O)(=O)N2CCC[C@@H](C(=O)NC[C@@H](C)CN(C)C)C2)cc1. The number of nitrogens with one attached hydrogen (secondary N) is 1. The fourth-order valence-corrected chi connectivity index (χ4v) is 4.86. The van der Waals surface area contributed by atoms with Gasteiger partial charge >= 0.3 is 0 Å². The van der Waals surface area contributed by atoms with Crippen LogP contribution in [0.4, 0.5) is 0 Å². The normalized spacial score (nSPS) is 20.1. The molecule has 1 fully saturated rings. The van der Waals surface area contributed by atoms with Crippen molar-refractivity contribution in [2.45, 2.75) is 31.6 Å². The first-order chi connectivity index (χ1) is 12.2. The summed E-state index contributed by atoms with van der Waals surface area (Å²) in [7, 11) is 0.469. The summed E-state index contributed by atoms with van der Waals surface area (Å²) in [5.41, 5.74) is 1.02. The smallest absolute Gasteiger partial charge is 0.243 e. The summed E-state index contributed by atoms with van der Waals surface area (Å²) in [6, 6.07) is 6.87. The van der Waals surface area contributed by atoms with Gasteiger partial charge in [-0.3, -0.25) is 4.79 Å². The summed E-state index contributed by atoms with van der Waals surface area (Å²) in [6.45, 7) is 6.25. The van der Waals surface area contributed by atoms with Crippen molar-refractivity contribution < 1.29 is 13.2 Å². The van der Waals surface area contributed by atoms with Crippen molar-refractivity contribution in [2.24, 2.45) is 11.8 Å². The first kappa shape index (κ1) is 20.9.